The summed E-state index contributed by atoms with van der Waals surface area (Å²) >= 11 is 0. The summed E-state index contributed by atoms with van der Waals surface area (Å²) in [6.45, 7) is 4.31. The van der Waals surface area contributed by atoms with Crippen LogP contribution in [0.15, 0.2) is 133 Å². The number of anilines is 3. The summed E-state index contributed by atoms with van der Waals surface area (Å²) < 4.78 is 0. The first kappa shape index (κ1) is 22.4. The monoisotopic (exact) mass is 451 g/mol. The van der Waals surface area contributed by atoms with Crippen molar-refractivity contribution in [1.82, 2.24) is 0 Å². The smallest absolute Gasteiger partial charge is 0.0466 e. The summed E-state index contributed by atoms with van der Waals surface area (Å²) in [5, 5.41) is 0. The van der Waals surface area contributed by atoms with Crippen molar-refractivity contribution in [1.29, 1.82) is 0 Å². The molecule has 0 heterocycles. The Morgan fingerprint density at radius 3 is 1.46 bits per heavy atom. The number of rotatable bonds is 6. The highest BCUT2D eigenvalue weighted by Gasteiger charge is 2.13. The SMILES string of the molecule is Cc1cc(C)cc(N(c2ccccc2)c2ccc(C=C(c3ccccc3)c3ccccc3)cc2)c1. The fourth-order valence-corrected chi connectivity index (χ4v) is 4.56. The molecule has 5 aromatic rings. The summed E-state index contributed by atoms with van der Waals surface area (Å²) in [6.07, 6.45) is 2.28. The molecule has 0 aliphatic heterocycles. The lowest BCUT2D eigenvalue weighted by Crippen LogP contribution is -2.10. The predicted molar refractivity (Wildman–Crippen MR) is 150 cm³/mol. The van der Waals surface area contributed by atoms with Gasteiger partial charge in [0.1, 0.15) is 0 Å². The van der Waals surface area contributed by atoms with E-state index in [0.29, 0.717) is 0 Å². The van der Waals surface area contributed by atoms with E-state index in [1.165, 1.54) is 39.1 Å². The second-order valence-corrected chi connectivity index (χ2v) is 8.90. The third kappa shape index (κ3) is 5.26. The summed E-state index contributed by atoms with van der Waals surface area (Å²) in [4.78, 5) is 2.32. The molecule has 170 valence electrons. The third-order valence-electron chi connectivity index (χ3n) is 6.11. The molecule has 0 unspecified atom stereocenters. The first-order valence-corrected chi connectivity index (χ1v) is 12.0. The van der Waals surface area contributed by atoms with Crippen molar-refractivity contribution < 1.29 is 0 Å². The molecule has 1 heteroatoms. The average Bonchev–Trinajstić information content (AvgIpc) is 2.89. The number of para-hydroxylation sites is 1. The van der Waals surface area contributed by atoms with Gasteiger partial charge in [-0.15, -0.1) is 0 Å². The van der Waals surface area contributed by atoms with Gasteiger partial charge in [-0.1, -0.05) is 97.1 Å². The predicted octanol–water partition coefficient (Wildman–Crippen LogP) is 9.36. The molecular weight excluding hydrogens is 422 g/mol. The van der Waals surface area contributed by atoms with E-state index < -0.39 is 0 Å². The van der Waals surface area contributed by atoms with Gasteiger partial charge in [0.05, 0.1) is 0 Å². The van der Waals surface area contributed by atoms with Crippen molar-refractivity contribution in [3.8, 4) is 0 Å². The van der Waals surface area contributed by atoms with Crippen LogP contribution in [-0.4, -0.2) is 0 Å². The van der Waals surface area contributed by atoms with E-state index in [9.17, 15) is 0 Å². The van der Waals surface area contributed by atoms with Crippen molar-refractivity contribution >= 4 is 28.7 Å². The van der Waals surface area contributed by atoms with Crippen LogP contribution in [0.5, 0.6) is 0 Å². The standard InChI is InChI=1S/C34H29N/c1-26-22-27(2)24-33(23-26)35(31-16-10-5-11-17-31)32-20-18-28(19-21-32)25-34(29-12-6-3-7-13-29)30-14-8-4-9-15-30/h3-25H,1-2H3. The molecule has 1 nitrogen and oxygen atoms in total. The molecule has 0 radical (unpaired) electrons. The molecule has 0 N–H and O–H groups in total. The zero-order chi connectivity index (χ0) is 24.0. The van der Waals surface area contributed by atoms with Gasteiger partial charge in [-0.05, 0) is 89.7 Å². The minimum Gasteiger partial charge on any atom is -0.310 e. The molecular formula is C34H29N. The Morgan fingerprint density at radius 2 is 0.943 bits per heavy atom. The first-order valence-electron chi connectivity index (χ1n) is 12.0. The van der Waals surface area contributed by atoms with Crippen LogP contribution in [0.2, 0.25) is 0 Å². The quantitative estimate of drug-likeness (QED) is 0.232. The van der Waals surface area contributed by atoms with Crippen LogP contribution in [-0.2, 0) is 0 Å². The number of benzene rings is 5. The lowest BCUT2D eigenvalue weighted by Gasteiger charge is -2.26. The van der Waals surface area contributed by atoms with Crippen LogP contribution in [0, 0.1) is 13.8 Å². The van der Waals surface area contributed by atoms with Crippen LogP contribution < -0.4 is 4.90 Å². The zero-order valence-corrected chi connectivity index (χ0v) is 20.2. The van der Waals surface area contributed by atoms with Gasteiger partial charge in [0, 0.05) is 17.1 Å². The second kappa shape index (κ2) is 10.3. The molecule has 0 bridgehead atoms. The van der Waals surface area contributed by atoms with Gasteiger partial charge in [-0.2, -0.15) is 0 Å². The van der Waals surface area contributed by atoms with Crippen LogP contribution in [0.3, 0.4) is 0 Å². The van der Waals surface area contributed by atoms with E-state index in [2.05, 4.69) is 158 Å². The number of hydrogen-bond acceptors (Lipinski definition) is 1. The number of nitrogens with zero attached hydrogens (tertiary/aromatic N) is 1. The van der Waals surface area contributed by atoms with Crippen molar-refractivity contribution in [2.75, 3.05) is 4.90 Å². The first-order chi connectivity index (χ1) is 17.2. The van der Waals surface area contributed by atoms with Crippen LogP contribution in [0.1, 0.15) is 27.8 Å². The number of hydrogen-bond donors (Lipinski definition) is 0. The molecule has 0 saturated heterocycles. The van der Waals surface area contributed by atoms with Crippen LogP contribution in [0.25, 0.3) is 11.6 Å². The maximum absolute atomic E-state index is 2.32. The summed E-state index contributed by atoms with van der Waals surface area (Å²) in [7, 11) is 0. The Labute approximate surface area is 208 Å². The summed E-state index contributed by atoms with van der Waals surface area (Å²) in [5.41, 5.74) is 10.8. The van der Waals surface area contributed by atoms with Crippen LogP contribution in [0.4, 0.5) is 17.1 Å². The Bertz CT molecular complexity index is 1360. The second-order valence-electron chi connectivity index (χ2n) is 8.90. The average molecular weight is 452 g/mol. The van der Waals surface area contributed by atoms with E-state index in [-0.39, 0.29) is 0 Å². The van der Waals surface area contributed by atoms with Gasteiger partial charge in [0.2, 0.25) is 0 Å². The van der Waals surface area contributed by atoms with Gasteiger partial charge in [-0.3, -0.25) is 0 Å². The van der Waals surface area contributed by atoms with E-state index in [0.717, 1.165) is 11.4 Å². The molecule has 0 aliphatic rings. The van der Waals surface area contributed by atoms with Crippen molar-refractivity contribution in [2.45, 2.75) is 13.8 Å². The molecule has 0 aliphatic carbocycles. The maximum Gasteiger partial charge on any atom is 0.0466 e. The molecule has 35 heavy (non-hydrogen) atoms. The highest BCUT2D eigenvalue weighted by Crippen LogP contribution is 2.36. The highest BCUT2D eigenvalue weighted by atomic mass is 15.1. The molecule has 0 amide bonds. The molecule has 5 aromatic carbocycles. The van der Waals surface area contributed by atoms with E-state index in [4.69, 9.17) is 0 Å². The zero-order valence-electron chi connectivity index (χ0n) is 20.2. The van der Waals surface area contributed by atoms with Gasteiger partial charge >= 0.3 is 0 Å². The topological polar surface area (TPSA) is 3.24 Å². The van der Waals surface area contributed by atoms with Gasteiger partial charge < -0.3 is 4.90 Å². The lowest BCUT2D eigenvalue weighted by molar-refractivity contribution is 1.25. The van der Waals surface area contributed by atoms with Crippen molar-refractivity contribution in [2.24, 2.45) is 0 Å². The van der Waals surface area contributed by atoms with E-state index in [1.807, 2.05) is 0 Å². The van der Waals surface area contributed by atoms with Crippen LogP contribution >= 0.6 is 0 Å². The number of aryl methyl sites for hydroxylation is 2. The Morgan fingerprint density at radius 1 is 0.486 bits per heavy atom. The molecule has 5 rings (SSSR count). The van der Waals surface area contributed by atoms with Gasteiger partial charge in [0.15, 0.2) is 0 Å². The Hall–Kier alpha value is -4.36. The fraction of sp³-hybridized carbons (Fsp3) is 0.0588. The van der Waals surface area contributed by atoms with Gasteiger partial charge in [-0.25, -0.2) is 0 Å². The van der Waals surface area contributed by atoms with Crippen molar-refractivity contribution in [3.63, 3.8) is 0 Å². The summed E-state index contributed by atoms with van der Waals surface area (Å²) in [5.74, 6) is 0. The normalized spacial score (nSPS) is 10.6. The fourth-order valence-electron chi connectivity index (χ4n) is 4.56. The minimum absolute atomic E-state index is 1.14. The van der Waals surface area contributed by atoms with Crippen molar-refractivity contribution in [3.05, 3.63) is 161 Å². The highest BCUT2D eigenvalue weighted by molar-refractivity contribution is 5.91. The third-order valence-corrected chi connectivity index (χ3v) is 6.11. The molecule has 0 spiro atoms. The molecule has 0 atom stereocenters. The largest absolute Gasteiger partial charge is 0.310 e. The Kier molecular flexibility index (Phi) is 6.59. The Balaban J connectivity index is 1.56. The van der Waals surface area contributed by atoms with E-state index >= 15 is 0 Å². The maximum atomic E-state index is 2.32. The molecule has 0 saturated carbocycles. The van der Waals surface area contributed by atoms with Gasteiger partial charge in [0.25, 0.3) is 0 Å². The summed E-state index contributed by atoms with van der Waals surface area (Å²) in [6, 6.07) is 47.3. The molecule has 0 fully saturated rings. The molecule has 0 aromatic heterocycles. The lowest BCUT2D eigenvalue weighted by atomic mass is 9.95. The van der Waals surface area contributed by atoms with E-state index in [1.54, 1.807) is 0 Å². The minimum atomic E-state index is 1.14.